The van der Waals surface area contributed by atoms with Crippen LogP contribution >= 0.6 is 0 Å². The van der Waals surface area contributed by atoms with Gasteiger partial charge in [-0.15, -0.1) is 0 Å². The first-order chi connectivity index (χ1) is 10.3. The van der Waals surface area contributed by atoms with E-state index in [1.54, 1.807) is 7.11 Å². The number of ether oxygens (including phenoxy) is 2. The van der Waals surface area contributed by atoms with E-state index in [1.165, 1.54) is 5.56 Å². The molecule has 1 heterocycles. The average Bonchev–Trinajstić information content (AvgIpc) is 2.54. The SMILES string of the molecule is COCc1ccccc1C(O)c1cccc2c1OCCC2. The molecule has 0 fully saturated rings. The summed E-state index contributed by atoms with van der Waals surface area (Å²) in [6.07, 6.45) is 1.35. The highest BCUT2D eigenvalue weighted by molar-refractivity contribution is 5.48. The van der Waals surface area contributed by atoms with E-state index < -0.39 is 6.10 Å². The van der Waals surface area contributed by atoms with Crippen molar-refractivity contribution >= 4 is 0 Å². The van der Waals surface area contributed by atoms with Gasteiger partial charge < -0.3 is 14.6 Å². The van der Waals surface area contributed by atoms with Crippen LogP contribution in [0.5, 0.6) is 5.75 Å². The Morgan fingerprint density at radius 3 is 2.81 bits per heavy atom. The summed E-state index contributed by atoms with van der Waals surface area (Å²) in [5, 5.41) is 10.8. The van der Waals surface area contributed by atoms with Gasteiger partial charge in [-0.1, -0.05) is 42.5 Å². The van der Waals surface area contributed by atoms with Crippen molar-refractivity contribution in [3.8, 4) is 5.75 Å². The molecule has 0 aromatic heterocycles. The number of fused-ring (bicyclic) bond motifs is 1. The molecule has 21 heavy (non-hydrogen) atoms. The number of aliphatic hydroxyl groups excluding tert-OH is 1. The van der Waals surface area contributed by atoms with E-state index in [4.69, 9.17) is 9.47 Å². The molecule has 0 saturated carbocycles. The van der Waals surface area contributed by atoms with Crippen LogP contribution in [-0.2, 0) is 17.8 Å². The number of aliphatic hydroxyl groups is 1. The van der Waals surface area contributed by atoms with Crippen LogP contribution in [0.4, 0.5) is 0 Å². The van der Waals surface area contributed by atoms with E-state index in [1.807, 2.05) is 36.4 Å². The highest BCUT2D eigenvalue weighted by Gasteiger charge is 2.22. The van der Waals surface area contributed by atoms with Crippen LogP contribution in [0.15, 0.2) is 42.5 Å². The molecule has 1 atom stereocenters. The van der Waals surface area contributed by atoms with Crippen molar-refractivity contribution < 1.29 is 14.6 Å². The van der Waals surface area contributed by atoms with Crippen molar-refractivity contribution in [2.75, 3.05) is 13.7 Å². The normalized spacial score (nSPS) is 15.1. The fraction of sp³-hybridized carbons (Fsp3) is 0.333. The first-order valence-corrected chi connectivity index (χ1v) is 7.30. The monoisotopic (exact) mass is 284 g/mol. The molecule has 0 bridgehead atoms. The number of aryl methyl sites for hydroxylation is 1. The largest absolute Gasteiger partial charge is 0.493 e. The van der Waals surface area contributed by atoms with Crippen molar-refractivity contribution in [2.24, 2.45) is 0 Å². The zero-order chi connectivity index (χ0) is 14.7. The Labute approximate surface area is 125 Å². The third-order valence-electron chi connectivity index (χ3n) is 3.91. The van der Waals surface area contributed by atoms with E-state index in [0.29, 0.717) is 6.61 Å². The van der Waals surface area contributed by atoms with Crippen LogP contribution < -0.4 is 4.74 Å². The Kier molecular flexibility index (Phi) is 4.23. The van der Waals surface area contributed by atoms with Crippen LogP contribution in [0.1, 0.15) is 34.8 Å². The first kappa shape index (κ1) is 14.1. The Morgan fingerprint density at radius 2 is 1.95 bits per heavy atom. The maximum absolute atomic E-state index is 10.8. The van der Waals surface area contributed by atoms with Gasteiger partial charge in [0.05, 0.1) is 13.2 Å². The van der Waals surface area contributed by atoms with Gasteiger partial charge in [-0.25, -0.2) is 0 Å². The molecule has 1 unspecified atom stereocenters. The number of hydrogen-bond acceptors (Lipinski definition) is 3. The first-order valence-electron chi connectivity index (χ1n) is 7.30. The molecular weight excluding hydrogens is 264 g/mol. The van der Waals surface area contributed by atoms with Gasteiger partial charge in [-0.05, 0) is 29.5 Å². The van der Waals surface area contributed by atoms with Crippen molar-refractivity contribution in [2.45, 2.75) is 25.6 Å². The lowest BCUT2D eigenvalue weighted by atomic mass is 9.93. The lowest BCUT2D eigenvalue weighted by Crippen LogP contribution is -2.13. The van der Waals surface area contributed by atoms with Crippen LogP contribution in [0.3, 0.4) is 0 Å². The van der Waals surface area contributed by atoms with E-state index >= 15 is 0 Å². The van der Waals surface area contributed by atoms with Crippen molar-refractivity contribution in [3.63, 3.8) is 0 Å². The third kappa shape index (κ3) is 2.80. The maximum Gasteiger partial charge on any atom is 0.128 e. The summed E-state index contributed by atoms with van der Waals surface area (Å²) in [6.45, 7) is 1.21. The van der Waals surface area contributed by atoms with Crippen LogP contribution in [0.25, 0.3) is 0 Å². The maximum atomic E-state index is 10.8. The van der Waals surface area contributed by atoms with Crippen LogP contribution in [0, 0.1) is 0 Å². The van der Waals surface area contributed by atoms with Gasteiger partial charge in [0.15, 0.2) is 0 Å². The van der Waals surface area contributed by atoms with Crippen LogP contribution in [-0.4, -0.2) is 18.8 Å². The molecule has 3 heteroatoms. The molecular formula is C18H20O3. The number of hydrogen-bond donors (Lipinski definition) is 1. The summed E-state index contributed by atoms with van der Waals surface area (Å²) < 4.78 is 11.0. The molecule has 3 rings (SSSR count). The zero-order valence-corrected chi connectivity index (χ0v) is 12.2. The highest BCUT2D eigenvalue weighted by Crippen LogP contribution is 2.36. The fourth-order valence-corrected chi connectivity index (χ4v) is 2.89. The van der Waals surface area contributed by atoms with Gasteiger partial charge in [0.1, 0.15) is 11.9 Å². The molecule has 2 aromatic carbocycles. The predicted molar refractivity (Wildman–Crippen MR) is 81.5 cm³/mol. The van der Waals surface area contributed by atoms with Gasteiger partial charge in [-0.3, -0.25) is 0 Å². The van der Waals surface area contributed by atoms with E-state index in [9.17, 15) is 5.11 Å². The van der Waals surface area contributed by atoms with Gasteiger partial charge in [0.25, 0.3) is 0 Å². The molecule has 0 radical (unpaired) electrons. The van der Waals surface area contributed by atoms with Crippen molar-refractivity contribution in [3.05, 3.63) is 64.7 Å². The van der Waals surface area contributed by atoms with E-state index in [-0.39, 0.29) is 0 Å². The molecule has 2 aromatic rings. The quantitative estimate of drug-likeness (QED) is 0.936. The second-order valence-corrected chi connectivity index (χ2v) is 5.32. The summed E-state index contributed by atoms with van der Waals surface area (Å²) in [6, 6.07) is 13.8. The fourth-order valence-electron chi connectivity index (χ4n) is 2.89. The molecule has 0 saturated heterocycles. The van der Waals surface area contributed by atoms with Crippen LogP contribution in [0.2, 0.25) is 0 Å². The Bertz CT molecular complexity index is 622. The summed E-state index contributed by atoms with van der Waals surface area (Å²) in [4.78, 5) is 0. The minimum atomic E-state index is -0.690. The molecule has 110 valence electrons. The molecule has 1 aliphatic heterocycles. The highest BCUT2D eigenvalue weighted by atomic mass is 16.5. The third-order valence-corrected chi connectivity index (χ3v) is 3.91. The Hall–Kier alpha value is -1.84. The van der Waals surface area contributed by atoms with Gasteiger partial charge in [0, 0.05) is 12.7 Å². The second kappa shape index (κ2) is 6.29. The van der Waals surface area contributed by atoms with Crippen molar-refractivity contribution in [1.29, 1.82) is 0 Å². The Morgan fingerprint density at radius 1 is 1.14 bits per heavy atom. The zero-order valence-electron chi connectivity index (χ0n) is 12.2. The lowest BCUT2D eigenvalue weighted by molar-refractivity contribution is 0.174. The minimum absolute atomic E-state index is 0.489. The average molecular weight is 284 g/mol. The van der Waals surface area contributed by atoms with Gasteiger partial charge >= 0.3 is 0 Å². The number of benzene rings is 2. The number of methoxy groups -OCH3 is 1. The molecule has 1 aliphatic rings. The predicted octanol–water partition coefficient (Wildman–Crippen LogP) is 3.24. The summed E-state index contributed by atoms with van der Waals surface area (Å²) >= 11 is 0. The second-order valence-electron chi connectivity index (χ2n) is 5.32. The number of rotatable bonds is 4. The van der Waals surface area contributed by atoms with Crippen molar-refractivity contribution in [1.82, 2.24) is 0 Å². The molecule has 0 aliphatic carbocycles. The van der Waals surface area contributed by atoms with Gasteiger partial charge in [0.2, 0.25) is 0 Å². The summed E-state index contributed by atoms with van der Waals surface area (Å²) in [7, 11) is 1.66. The van der Waals surface area contributed by atoms with E-state index in [2.05, 4.69) is 6.07 Å². The van der Waals surface area contributed by atoms with E-state index in [0.717, 1.165) is 41.9 Å². The number of para-hydroxylation sites is 1. The molecule has 1 N–H and O–H groups in total. The standard InChI is InChI=1S/C18H20O3/c1-20-12-14-6-2-3-9-15(14)17(19)16-10-4-7-13-8-5-11-21-18(13)16/h2-4,6-7,9-10,17,19H,5,8,11-12H2,1H3. The smallest absolute Gasteiger partial charge is 0.128 e. The minimum Gasteiger partial charge on any atom is -0.493 e. The summed E-state index contributed by atoms with van der Waals surface area (Å²) in [5.41, 5.74) is 3.90. The summed E-state index contributed by atoms with van der Waals surface area (Å²) in [5.74, 6) is 0.850. The topological polar surface area (TPSA) is 38.7 Å². The molecule has 0 amide bonds. The molecule has 3 nitrogen and oxygen atoms in total. The lowest BCUT2D eigenvalue weighted by Gasteiger charge is -2.24. The Balaban J connectivity index is 2.01. The van der Waals surface area contributed by atoms with Gasteiger partial charge in [-0.2, -0.15) is 0 Å². The molecule has 0 spiro atoms.